The molecule has 0 unspecified atom stereocenters. The van der Waals surface area contributed by atoms with Gasteiger partial charge in [0.05, 0.1) is 6.10 Å². The van der Waals surface area contributed by atoms with Gasteiger partial charge in [-0.3, -0.25) is 4.90 Å². The van der Waals surface area contributed by atoms with E-state index in [1.165, 1.54) is 0 Å². The lowest BCUT2D eigenvalue weighted by atomic mass is 9.85. The smallest absolute Gasteiger partial charge is 0.100 e. The molecule has 17 heavy (non-hydrogen) atoms. The first-order chi connectivity index (χ1) is 7.92. The number of hydrogen-bond donors (Lipinski definition) is 2. The van der Waals surface area contributed by atoms with Crippen molar-refractivity contribution in [2.75, 3.05) is 13.6 Å². The SMILES string of the molecule is CN1C[C@](C)(O)[C@@H](O)C[C@H]1c1ccccc1Cl. The number of aliphatic hydroxyl groups is 2. The Kier molecular flexibility index (Phi) is 3.46. The van der Waals surface area contributed by atoms with Crippen molar-refractivity contribution in [2.24, 2.45) is 0 Å². The highest BCUT2D eigenvalue weighted by molar-refractivity contribution is 6.31. The number of piperidine rings is 1. The molecule has 3 nitrogen and oxygen atoms in total. The number of hydrogen-bond acceptors (Lipinski definition) is 3. The molecule has 0 bridgehead atoms. The van der Waals surface area contributed by atoms with E-state index >= 15 is 0 Å². The molecule has 2 N–H and O–H groups in total. The molecule has 3 atom stereocenters. The Bertz CT molecular complexity index is 408. The lowest BCUT2D eigenvalue weighted by Crippen LogP contribution is -2.54. The molecule has 94 valence electrons. The van der Waals surface area contributed by atoms with Crippen molar-refractivity contribution >= 4 is 11.6 Å². The summed E-state index contributed by atoms with van der Waals surface area (Å²) in [5.41, 5.74) is -0.0433. The molecule has 0 radical (unpaired) electrons. The molecule has 0 aromatic heterocycles. The average Bonchev–Trinajstić information content (AvgIpc) is 2.24. The van der Waals surface area contributed by atoms with E-state index < -0.39 is 11.7 Å². The third-order valence-electron chi connectivity index (χ3n) is 3.53. The Morgan fingerprint density at radius 2 is 2.06 bits per heavy atom. The molecule has 1 aromatic carbocycles. The molecule has 1 aliphatic rings. The first-order valence-corrected chi connectivity index (χ1v) is 6.15. The number of likely N-dealkylation sites (tertiary alicyclic amines) is 1. The van der Waals surface area contributed by atoms with Gasteiger partial charge in [0.15, 0.2) is 0 Å². The summed E-state index contributed by atoms with van der Waals surface area (Å²) in [5, 5.41) is 20.7. The highest BCUT2D eigenvalue weighted by atomic mass is 35.5. The normalized spacial score (nSPS) is 34.9. The predicted octanol–water partition coefficient (Wildman–Crippen LogP) is 1.83. The van der Waals surface area contributed by atoms with Crippen molar-refractivity contribution in [1.29, 1.82) is 0 Å². The topological polar surface area (TPSA) is 43.7 Å². The van der Waals surface area contributed by atoms with Crippen molar-refractivity contribution < 1.29 is 10.2 Å². The second-order valence-corrected chi connectivity index (χ2v) is 5.47. The molecule has 0 saturated carbocycles. The molecule has 4 heteroatoms. The Labute approximate surface area is 107 Å². The summed E-state index contributed by atoms with van der Waals surface area (Å²) in [6.07, 6.45) is -0.229. The number of benzene rings is 1. The Balaban J connectivity index is 2.27. The predicted molar refractivity (Wildman–Crippen MR) is 68.1 cm³/mol. The van der Waals surface area contributed by atoms with Gasteiger partial charge in [-0.1, -0.05) is 29.8 Å². The van der Waals surface area contributed by atoms with Gasteiger partial charge in [0.1, 0.15) is 5.60 Å². The van der Waals surface area contributed by atoms with Crippen LogP contribution in [0.5, 0.6) is 0 Å². The second kappa shape index (κ2) is 4.58. The molecule has 0 aliphatic carbocycles. The molecule has 0 amide bonds. The third kappa shape index (κ3) is 2.47. The highest BCUT2D eigenvalue weighted by Crippen LogP contribution is 2.36. The number of aliphatic hydroxyl groups excluding tert-OH is 1. The summed E-state index contributed by atoms with van der Waals surface area (Å²) in [6.45, 7) is 2.10. The minimum Gasteiger partial charge on any atom is -0.390 e. The van der Waals surface area contributed by atoms with Gasteiger partial charge < -0.3 is 10.2 Å². The number of likely N-dealkylation sites (N-methyl/N-ethyl adjacent to an activating group) is 1. The molecule has 0 spiro atoms. The number of β-amino-alcohol motifs (C(OH)–C–C–N with tert-alkyl or cyclic N) is 1. The summed E-state index contributed by atoms with van der Waals surface area (Å²) < 4.78 is 0. The van der Waals surface area contributed by atoms with E-state index in [-0.39, 0.29) is 6.04 Å². The molecule has 1 aromatic rings. The van der Waals surface area contributed by atoms with E-state index in [0.717, 1.165) is 5.56 Å². The van der Waals surface area contributed by atoms with Crippen LogP contribution < -0.4 is 0 Å². The average molecular weight is 256 g/mol. The van der Waals surface area contributed by atoms with Crippen LogP contribution in [0.1, 0.15) is 24.9 Å². The maximum absolute atomic E-state index is 10.0. The van der Waals surface area contributed by atoms with Crippen LogP contribution >= 0.6 is 11.6 Å². The summed E-state index contributed by atoms with van der Waals surface area (Å²) in [6, 6.07) is 7.70. The van der Waals surface area contributed by atoms with E-state index in [0.29, 0.717) is 18.0 Å². The van der Waals surface area contributed by atoms with Crippen molar-refractivity contribution in [1.82, 2.24) is 4.90 Å². The molecular weight excluding hydrogens is 238 g/mol. The molecule has 1 aliphatic heterocycles. The van der Waals surface area contributed by atoms with Crippen LogP contribution in [0.25, 0.3) is 0 Å². The first-order valence-electron chi connectivity index (χ1n) is 5.77. The van der Waals surface area contributed by atoms with Crippen LogP contribution in [-0.2, 0) is 0 Å². The standard InChI is InChI=1S/C13H18ClNO2/c1-13(17)8-15(2)11(7-12(13)16)9-5-3-4-6-10(9)14/h3-6,11-12,16-17H,7-8H2,1-2H3/t11-,12-,13-/m0/s1. The minimum atomic E-state index is -1.05. The van der Waals surface area contributed by atoms with Gasteiger partial charge >= 0.3 is 0 Å². The van der Waals surface area contributed by atoms with Gasteiger partial charge in [-0.15, -0.1) is 0 Å². The van der Waals surface area contributed by atoms with Crippen LogP contribution in [0.3, 0.4) is 0 Å². The lowest BCUT2D eigenvalue weighted by Gasteiger charge is -2.44. The van der Waals surface area contributed by atoms with Gasteiger partial charge in [-0.05, 0) is 32.0 Å². The van der Waals surface area contributed by atoms with Crippen LogP contribution in [0.4, 0.5) is 0 Å². The lowest BCUT2D eigenvalue weighted by molar-refractivity contribution is -0.121. The van der Waals surface area contributed by atoms with E-state index in [4.69, 9.17) is 11.6 Å². The molecule has 1 saturated heterocycles. The fraction of sp³-hybridized carbons (Fsp3) is 0.538. The van der Waals surface area contributed by atoms with Crippen molar-refractivity contribution in [3.05, 3.63) is 34.9 Å². The van der Waals surface area contributed by atoms with Crippen LogP contribution in [-0.4, -0.2) is 40.4 Å². The summed E-state index contributed by atoms with van der Waals surface area (Å²) in [5.74, 6) is 0. The van der Waals surface area contributed by atoms with Gasteiger partial charge in [0.2, 0.25) is 0 Å². The van der Waals surface area contributed by atoms with E-state index in [1.807, 2.05) is 36.2 Å². The summed E-state index contributed by atoms with van der Waals surface area (Å²) in [7, 11) is 1.94. The largest absolute Gasteiger partial charge is 0.390 e. The Morgan fingerprint density at radius 1 is 1.41 bits per heavy atom. The Morgan fingerprint density at radius 3 is 2.71 bits per heavy atom. The number of halogens is 1. The Hall–Kier alpha value is -0.610. The fourth-order valence-electron chi connectivity index (χ4n) is 2.48. The zero-order chi connectivity index (χ0) is 12.6. The van der Waals surface area contributed by atoms with Crippen molar-refractivity contribution in [3.8, 4) is 0 Å². The molecule has 1 heterocycles. The maximum atomic E-state index is 10.0. The summed E-state index contributed by atoms with van der Waals surface area (Å²) >= 11 is 6.17. The zero-order valence-electron chi connectivity index (χ0n) is 10.1. The monoisotopic (exact) mass is 255 g/mol. The van der Waals surface area contributed by atoms with Gasteiger partial charge in [0.25, 0.3) is 0 Å². The van der Waals surface area contributed by atoms with Crippen LogP contribution in [0.2, 0.25) is 5.02 Å². The van der Waals surface area contributed by atoms with Gasteiger partial charge in [-0.25, -0.2) is 0 Å². The van der Waals surface area contributed by atoms with Crippen molar-refractivity contribution in [3.63, 3.8) is 0 Å². The molecular formula is C13H18ClNO2. The van der Waals surface area contributed by atoms with Crippen LogP contribution in [0.15, 0.2) is 24.3 Å². The highest BCUT2D eigenvalue weighted by Gasteiger charge is 2.41. The first kappa shape index (κ1) is 12.8. The molecule has 2 rings (SSSR count). The minimum absolute atomic E-state index is 0.0546. The maximum Gasteiger partial charge on any atom is 0.100 e. The third-order valence-corrected chi connectivity index (χ3v) is 3.87. The summed E-state index contributed by atoms with van der Waals surface area (Å²) in [4.78, 5) is 2.04. The number of nitrogens with zero attached hydrogens (tertiary/aromatic N) is 1. The number of rotatable bonds is 1. The van der Waals surface area contributed by atoms with E-state index in [2.05, 4.69) is 0 Å². The van der Waals surface area contributed by atoms with Gasteiger partial charge in [0, 0.05) is 17.6 Å². The molecule has 1 fully saturated rings. The van der Waals surface area contributed by atoms with E-state index in [1.54, 1.807) is 6.92 Å². The van der Waals surface area contributed by atoms with E-state index in [9.17, 15) is 10.2 Å². The quantitative estimate of drug-likeness (QED) is 0.805. The zero-order valence-corrected chi connectivity index (χ0v) is 10.9. The van der Waals surface area contributed by atoms with Gasteiger partial charge in [-0.2, -0.15) is 0 Å². The second-order valence-electron chi connectivity index (χ2n) is 5.06. The van der Waals surface area contributed by atoms with Crippen molar-refractivity contribution in [2.45, 2.75) is 31.1 Å². The fourth-order valence-corrected chi connectivity index (χ4v) is 2.74. The van der Waals surface area contributed by atoms with Crippen LogP contribution in [0, 0.1) is 0 Å².